The predicted molar refractivity (Wildman–Crippen MR) is 60.6 cm³/mol. The molecule has 15 heavy (non-hydrogen) atoms. The first-order valence-electron chi connectivity index (χ1n) is 6.23. The number of likely N-dealkylation sites (tertiary alicyclic amines) is 1. The van der Waals surface area contributed by atoms with Gasteiger partial charge in [-0.25, -0.2) is 0 Å². The molecule has 3 heteroatoms. The van der Waals surface area contributed by atoms with Crippen molar-refractivity contribution in [1.29, 1.82) is 0 Å². The van der Waals surface area contributed by atoms with Crippen LogP contribution in [0.15, 0.2) is 0 Å². The number of fused-ring (bicyclic) bond motifs is 1. The van der Waals surface area contributed by atoms with E-state index in [4.69, 9.17) is 0 Å². The fourth-order valence-electron chi connectivity index (χ4n) is 3.09. The van der Waals surface area contributed by atoms with Gasteiger partial charge >= 0.3 is 0 Å². The number of carbonyl (C=O) groups is 1. The Kier molecular flexibility index (Phi) is 3.62. The second-order valence-electron chi connectivity index (χ2n) is 4.96. The number of hydrogen-bond acceptors (Lipinski definition) is 2. The van der Waals surface area contributed by atoms with Crippen molar-refractivity contribution in [3.8, 4) is 0 Å². The van der Waals surface area contributed by atoms with Crippen molar-refractivity contribution in [2.75, 3.05) is 26.7 Å². The number of amides is 1. The number of piperidine rings is 1. The molecule has 1 heterocycles. The van der Waals surface area contributed by atoms with Gasteiger partial charge in [0.15, 0.2) is 0 Å². The highest BCUT2D eigenvalue weighted by Crippen LogP contribution is 2.35. The third-order valence-corrected chi connectivity index (χ3v) is 3.97. The fraction of sp³-hybridized carbons (Fsp3) is 0.917. The summed E-state index contributed by atoms with van der Waals surface area (Å²) >= 11 is 0. The molecular formula is C12H22N2O. The van der Waals surface area contributed by atoms with Crippen molar-refractivity contribution in [2.45, 2.75) is 32.1 Å². The maximum Gasteiger partial charge on any atom is 0.236 e. The molecular weight excluding hydrogens is 188 g/mol. The second kappa shape index (κ2) is 4.97. The van der Waals surface area contributed by atoms with Crippen LogP contribution in [0.3, 0.4) is 0 Å². The van der Waals surface area contributed by atoms with Gasteiger partial charge in [0.2, 0.25) is 5.91 Å². The van der Waals surface area contributed by atoms with Crippen molar-refractivity contribution in [3.63, 3.8) is 0 Å². The largest absolute Gasteiger partial charge is 0.341 e. The van der Waals surface area contributed by atoms with E-state index < -0.39 is 0 Å². The molecule has 1 saturated heterocycles. The van der Waals surface area contributed by atoms with E-state index in [9.17, 15) is 4.79 Å². The van der Waals surface area contributed by atoms with Crippen LogP contribution in [-0.4, -0.2) is 37.5 Å². The average Bonchev–Trinajstić information content (AvgIpc) is 2.29. The number of rotatable bonds is 2. The first kappa shape index (κ1) is 10.9. The van der Waals surface area contributed by atoms with Crippen LogP contribution in [0.5, 0.6) is 0 Å². The van der Waals surface area contributed by atoms with E-state index in [-0.39, 0.29) is 5.91 Å². The molecule has 2 fully saturated rings. The van der Waals surface area contributed by atoms with Crippen LogP contribution in [0.4, 0.5) is 0 Å². The molecule has 1 aliphatic heterocycles. The third kappa shape index (κ3) is 2.51. The van der Waals surface area contributed by atoms with Crippen LogP contribution < -0.4 is 5.32 Å². The van der Waals surface area contributed by atoms with Gasteiger partial charge in [-0.15, -0.1) is 0 Å². The van der Waals surface area contributed by atoms with Crippen LogP contribution in [0.2, 0.25) is 0 Å². The minimum Gasteiger partial charge on any atom is -0.341 e. The topological polar surface area (TPSA) is 32.3 Å². The number of hydrogen-bond donors (Lipinski definition) is 1. The number of likely N-dealkylation sites (N-methyl/N-ethyl adjacent to an activating group) is 1. The highest BCUT2D eigenvalue weighted by atomic mass is 16.2. The van der Waals surface area contributed by atoms with Gasteiger partial charge in [-0.1, -0.05) is 19.3 Å². The maximum atomic E-state index is 11.7. The molecule has 2 aliphatic rings. The molecule has 2 unspecified atom stereocenters. The molecule has 0 aromatic carbocycles. The summed E-state index contributed by atoms with van der Waals surface area (Å²) in [6.07, 6.45) is 6.76. The van der Waals surface area contributed by atoms with Crippen LogP contribution in [0.25, 0.3) is 0 Å². The lowest BCUT2D eigenvalue weighted by atomic mass is 9.75. The van der Waals surface area contributed by atoms with E-state index in [0.29, 0.717) is 6.54 Å². The average molecular weight is 210 g/mol. The monoisotopic (exact) mass is 210 g/mol. The Morgan fingerprint density at radius 1 is 1.27 bits per heavy atom. The molecule has 2 rings (SSSR count). The maximum absolute atomic E-state index is 11.7. The summed E-state index contributed by atoms with van der Waals surface area (Å²) in [5.41, 5.74) is 0. The normalized spacial score (nSPS) is 31.1. The minimum atomic E-state index is 0.279. The summed E-state index contributed by atoms with van der Waals surface area (Å²) in [7, 11) is 1.84. The zero-order valence-corrected chi connectivity index (χ0v) is 9.67. The first-order valence-corrected chi connectivity index (χ1v) is 6.23. The summed E-state index contributed by atoms with van der Waals surface area (Å²) in [5, 5.41) is 2.95. The molecule has 1 aliphatic carbocycles. The minimum absolute atomic E-state index is 0.279. The summed E-state index contributed by atoms with van der Waals surface area (Å²) in [6, 6.07) is 0. The van der Waals surface area contributed by atoms with E-state index in [2.05, 4.69) is 10.2 Å². The van der Waals surface area contributed by atoms with E-state index >= 15 is 0 Å². The molecule has 86 valence electrons. The van der Waals surface area contributed by atoms with E-state index in [1.807, 2.05) is 7.05 Å². The van der Waals surface area contributed by atoms with Gasteiger partial charge in [0.25, 0.3) is 0 Å². The summed E-state index contributed by atoms with van der Waals surface area (Å²) in [6.45, 7) is 2.50. The Bertz CT molecular complexity index is 230. The quantitative estimate of drug-likeness (QED) is 0.744. The fourth-order valence-corrected chi connectivity index (χ4v) is 3.09. The van der Waals surface area contributed by atoms with Crippen LogP contribution >= 0.6 is 0 Å². The summed E-state index contributed by atoms with van der Waals surface area (Å²) in [5.74, 6) is 1.99. The molecule has 1 amide bonds. The number of carbonyl (C=O) groups excluding carboxylic acids is 1. The molecule has 2 atom stereocenters. The van der Waals surface area contributed by atoms with Crippen molar-refractivity contribution in [3.05, 3.63) is 0 Å². The van der Waals surface area contributed by atoms with Gasteiger partial charge in [-0.05, 0) is 31.7 Å². The standard InChI is InChI=1S/C12H22N2O/c1-13-8-12(15)14-7-6-10-4-2-3-5-11(10)9-14/h10-11,13H,2-9H2,1H3. The molecule has 0 bridgehead atoms. The number of nitrogens with zero attached hydrogens (tertiary/aromatic N) is 1. The Morgan fingerprint density at radius 2 is 2.00 bits per heavy atom. The second-order valence-corrected chi connectivity index (χ2v) is 4.96. The van der Waals surface area contributed by atoms with Crippen LogP contribution in [0, 0.1) is 11.8 Å². The van der Waals surface area contributed by atoms with Crippen molar-refractivity contribution < 1.29 is 4.79 Å². The highest BCUT2D eigenvalue weighted by Gasteiger charge is 2.32. The molecule has 0 radical (unpaired) electrons. The van der Waals surface area contributed by atoms with Crippen molar-refractivity contribution in [2.24, 2.45) is 11.8 Å². The van der Waals surface area contributed by atoms with Gasteiger partial charge < -0.3 is 10.2 Å². The van der Waals surface area contributed by atoms with Crippen LogP contribution in [-0.2, 0) is 4.79 Å². The smallest absolute Gasteiger partial charge is 0.236 e. The molecule has 0 spiro atoms. The molecule has 1 N–H and O–H groups in total. The lowest BCUT2D eigenvalue weighted by molar-refractivity contribution is -0.133. The van der Waals surface area contributed by atoms with Gasteiger partial charge in [0.1, 0.15) is 0 Å². The lowest BCUT2D eigenvalue weighted by Crippen LogP contribution is -2.47. The Morgan fingerprint density at radius 3 is 2.73 bits per heavy atom. The first-order chi connectivity index (χ1) is 7.31. The number of nitrogens with one attached hydrogen (secondary N) is 1. The molecule has 1 saturated carbocycles. The van der Waals surface area contributed by atoms with Crippen LogP contribution in [0.1, 0.15) is 32.1 Å². The Balaban J connectivity index is 1.87. The van der Waals surface area contributed by atoms with Gasteiger partial charge in [0.05, 0.1) is 6.54 Å². The predicted octanol–water partition coefficient (Wildman–Crippen LogP) is 1.24. The van der Waals surface area contributed by atoms with Gasteiger partial charge in [-0.2, -0.15) is 0 Å². The zero-order valence-electron chi connectivity index (χ0n) is 9.67. The molecule has 3 nitrogen and oxygen atoms in total. The van der Waals surface area contributed by atoms with E-state index in [1.165, 1.54) is 32.1 Å². The van der Waals surface area contributed by atoms with Crippen molar-refractivity contribution in [1.82, 2.24) is 10.2 Å². The zero-order chi connectivity index (χ0) is 10.7. The van der Waals surface area contributed by atoms with E-state index in [0.717, 1.165) is 24.9 Å². The Hall–Kier alpha value is -0.570. The van der Waals surface area contributed by atoms with Gasteiger partial charge in [-0.3, -0.25) is 4.79 Å². The highest BCUT2D eigenvalue weighted by molar-refractivity contribution is 5.78. The SMILES string of the molecule is CNCC(=O)N1CCC2CCCCC2C1. The van der Waals surface area contributed by atoms with Crippen molar-refractivity contribution >= 4 is 5.91 Å². The Labute approximate surface area is 92.2 Å². The summed E-state index contributed by atoms with van der Waals surface area (Å²) < 4.78 is 0. The lowest BCUT2D eigenvalue weighted by Gasteiger charge is -2.41. The molecule has 0 aromatic rings. The third-order valence-electron chi connectivity index (χ3n) is 3.97. The summed E-state index contributed by atoms with van der Waals surface area (Å²) in [4.78, 5) is 13.8. The molecule has 0 aromatic heterocycles. The van der Waals surface area contributed by atoms with Gasteiger partial charge in [0, 0.05) is 13.1 Å². The van der Waals surface area contributed by atoms with E-state index in [1.54, 1.807) is 0 Å².